The van der Waals surface area contributed by atoms with Crippen molar-refractivity contribution < 1.29 is 18.9 Å². The first-order chi connectivity index (χ1) is 9.57. The van der Waals surface area contributed by atoms with Gasteiger partial charge in [-0.15, -0.1) is 0 Å². The molecule has 2 unspecified atom stereocenters. The van der Waals surface area contributed by atoms with E-state index in [9.17, 15) is 0 Å². The molecule has 5 nitrogen and oxygen atoms in total. The summed E-state index contributed by atoms with van der Waals surface area (Å²) >= 11 is 0. The third-order valence-corrected chi connectivity index (χ3v) is 3.29. The number of hydrogen-bond acceptors (Lipinski definition) is 5. The zero-order chi connectivity index (χ0) is 15.1. The highest BCUT2D eigenvalue weighted by Gasteiger charge is 2.19. The molecule has 0 aromatic heterocycles. The Labute approximate surface area is 121 Å². The van der Waals surface area contributed by atoms with Crippen molar-refractivity contribution in [1.82, 2.24) is 5.32 Å². The van der Waals surface area contributed by atoms with Gasteiger partial charge in [0.2, 0.25) is 0 Å². The SMILES string of the molecule is COc1ccc(C(C)NC(C)C(OC)OC)cc1OC. The lowest BCUT2D eigenvalue weighted by Gasteiger charge is -2.26. The molecule has 1 rings (SSSR count). The topological polar surface area (TPSA) is 49.0 Å². The van der Waals surface area contributed by atoms with Gasteiger partial charge in [0.05, 0.1) is 20.3 Å². The van der Waals surface area contributed by atoms with E-state index in [2.05, 4.69) is 12.2 Å². The molecule has 1 aromatic carbocycles. The highest BCUT2D eigenvalue weighted by Crippen LogP contribution is 2.30. The van der Waals surface area contributed by atoms with Gasteiger partial charge in [-0.3, -0.25) is 0 Å². The standard InChI is InChI=1S/C15H25NO4/c1-10(16-11(2)15(19-5)20-6)12-7-8-13(17-3)14(9-12)18-4/h7-11,15-16H,1-6H3. The molecule has 114 valence electrons. The molecule has 0 spiro atoms. The van der Waals surface area contributed by atoms with Crippen LogP contribution in [0, 0.1) is 0 Å². The van der Waals surface area contributed by atoms with E-state index >= 15 is 0 Å². The molecule has 1 N–H and O–H groups in total. The fourth-order valence-electron chi connectivity index (χ4n) is 2.20. The summed E-state index contributed by atoms with van der Waals surface area (Å²) in [6.07, 6.45) is -0.280. The summed E-state index contributed by atoms with van der Waals surface area (Å²) in [7, 11) is 6.53. The molecule has 0 radical (unpaired) electrons. The third kappa shape index (κ3) is 4.10. The monoisotopic (exact) mass is 283 g/mol. The van der Waals surface area contributed by atoms with Gasteiger partial charge < -0.3 is 24.3 Å². The van der Waals surface area contributed by atoms with Crippen LogP contribution in [-0.2, 0) is 9.47 Å². The van der Waals surface area contributed by atoms with Crippen LogP contribution in [0.3, 0.4) is 0 Å². The molecule has 0 heterocycles. The molecule has 0 aliphatic rings. The number of benzene rings is 1. The lowest BCUT2D eigenvalue weighted by Crippen LogP contribution is -2.40. The van der Waals surface area contributed by atoms with Gasteiger partial charge in [0, 0.05) is 20.3 Å². The maximum Gasteiger partial charge on any atom is 0.171 e. The Balaban J connectivity index is 2.79. The number of hydrogen-bond donors (Lipinski definition) is 1. The van der Waals surface area contributed by atoms with Crippen molar-refractivity contribution >= 4 is 0 Å². The largest absolute Gasteiger partial charge is 0.493 e. The average Bonchev–Trinajstić information content (AvgIpc) is 2.47. The first-order valence-corrected chi connectivity index (χ1v) is 6.60. The van der Waals surface area contributed by atoms with E-state index < -0.39 is 0 Å². The second kappa shape index (κ2) is 8.09. The summed E-state index contributed by atoms with van der Waals surface area (Å²) in [4.78, 5) is 0. The van der Waals surface area contributed by atoms with E-state index in [-0.39, 0.29) is 18.4 Å². The van der Waals surface area contributed by atoms with Crippen LogP contribution in [-0.4, -0.2) is 40.8 Å². The number of nitrogens with one attached hydrogen (secondary N) is 1. The summed E-state index contributed by atoms with van der Waals surface area (Å²) in [6.45, 7) is 4.11. The van der Waals surface area contributed by atoms with E-state index in [1.54, 1.807) is 28.4 Å². The Morgan fingerprint density at radius 1 is 0.900 bits per heavy atom. The summed E-state index contributed by atoms with van der Waals surface area (Å²) in [6, 6.07) is 6.09. The van der Waals surface area contributed by atoms with Crippen molar-refractivity contribution in [2.75, 3.05) is 28.4 Å². The fraction of sp³-hybridized carbons (Fsp3) is 0.600. The van der Waals surface area contributed by atoms with Gasteiger partial charge in [0.15, 0.2) is 17.8 Å². The summed E-state index contributed by atoms with van der Waals surface area (Å²) < 4.78 is 21.1. The van der Waals surface area contributed by atoms with Gasteiger partial charge in [0.1, 0.15) is 0 Å². The Morgan fingerprint density at radius 3 is 2.00 bits per heavy atom. The lowest BCUT2D eigenvalue weighted by molar-refractivity contribution is -0.120. The smallest absolute Gasteiger partial charge is 0.171 e. The first-order valence-electron chi connectivity index (χ1n) is 6.60. The predicted octanol–water partition coefficient (Wildman–Crippen LogP) is 2.36. The molecular formula is C15H25NO4. The van der Waals surface area contributed by atoms with E-state index in [1.165, 1.54) is 0 Å². The van der Waals surface area contributed by atoms with Crippen LogP contribution in [0.4, 0.5) is 0 Å². The third-order valence-electron chi connectivity index (χ3n) is 3.29. The van der Waals surface area contributed by atoms with E-state index in [0.29, 0.717) is 0 Å². The Kier molecular flexibility index (Phi) is 6.78. The Morgan fingerprint density at radius 2 is 1.50 bits per heavy atom. The molecule has 1 aromatic rings. The van der Waals surface area contributed by atoms with Crippen LogP contribution >= 0.6 is 0 Å². The molecule has 0 amide bonds. The van der Waals surface area contributed by atoms with E-state index in [1.807, 2.05) is 25.1 Å². The minimum Gasteiger partial charge on any atom is -0.493 e. The summed E-state index contributed by atoms with van der Waals surface area (Å²) in [5.74, 6) is 1.45. The molecule has 20 heavy (non-hydrogen) atoms. The molecule has 0 saturated heterocycles. The predicted molar refractivity (Wildman–Crippen MR) is 78.4 cm³/mol. The minimum absolute atomic E-state index is 0.0631. The van der Waals surface area contributed by atoms with Crippen molar-refractivity contribution in [1.29, 1.82) is 0 Å². The maximum absolute atomic E-state index is 5.32. The van der Waals surface area contributed by atoms with Crippen LogP contribution in [0.5, 0.6) is 11.5 Å². The molecule has 2 atom stereocenters. The highest BCUT2D eigenvalue weighted by atomic mass is 16.7. The number of ether oxygens (including phenoxy) is 4. The molecule has 0 aliphatic heterocycles. The Bertz CT molecular complexity index is 407. The second-order valence-electron chi connectivity index (χ2n) is 4.63. The molecule has 0 fully saturated rings. The zero-order valence-electron chi connectivity index (χ0n) is 13.1. The molecular weight excluding hydrogens is 258 g/mol. The fourth-order valence-corrected chi connectivity index (χ4v) is 2.20. The number of methoxy groups -OCH3 is 4. The van der Waals surface area contributed by atoms with Crippen LogP contribution in [0.2, 0.25) is 0 Å². The van der Waals surface area contributed by atoms with Crippen LogP contribution in [0.1, 0.15) is 25.5 Å². The average molecular weight is 283 g/mol. The molecule has 0 saturated carbocycles. The highest BCUT2D eigenvalue weighted by molar-refractivity contribution is 5.43. The van der Waals surface area contributed by atoms with E-state index in [0.717, 1.165) is 17.1 Å². The normalized spacial score (nSPS) is 14.2. The quantitative estimate of drug-likeness (QED) is 0.742. The molecule has 5 heteroatoms. The van der Waals surface area contributed by atoms with Crippen molar-refractivity contribution in [2.45, 2.75) is 32.2 Å². The maximum atomic E-state index is 5.32. The van der Waals surface area contributed by atoms with Crippen molar-refractivity contribution in [3.63, 3.8) is 0 Å². The van der Waals surface area contributed by atoms with Gasteiger partial charge in [-0.1, -0.05) is 6.07 Å². The summed E-state index contributed by atoms with van der Waals surface area (Å²) in [5, 5.41) is 3.44. The van der Waals surface area contributed by atoms with Crippen LogP contribution < -0.4 is 14.8 Å². The van der Waals surface area contributed by atoms with Gasteiger partial charge in [-0.2, -0.15) is 0 Å². The van der Waals surface area contributed by atoms with Gasteiger partial charge in [0.25, 0.3) is 0 Å². The van der Waals surface area contributed by atoms with E-state index in [4.69, 9.17) is 18.9 Å². The van der Waals surface area contributed by atoms with Crippen molar-refractivity contribution in [3.05, 3.63) is 23.8 Å². The first kappa shape index (κ1) is 16.8. The van der Waals surface area contributed by atoms with Gasteiger partial charge in [-0.05, 0) is 31.5 Å². The van der Waals surface area contributed by atoms with Crippen LogP contribution in [0.25, 0.3) is 0 Å². The molecule has 0 aliphatic carbocycles. The second-order valence-corrected chi connectivity index (χ2v) is 4.63. The Hall–Kier alpha value is -1.30. The lowest BCUT2D eigenvalue weighted by atomic mass is 10.1. The minimum atomic E-state index is -0.280. The van der Waals surface area contributed by atoms with Crippen LogP contribution in [0.15, 0.2) is 18.2 Å². The summed E-state index contributed by atoms with van der Waals surface area (Å²) in [5.41, 5.74) is 1.11. The van der Waals surface area contributed by atoms with Crippen molar-refractivity contribution in [2.24, 2.45) is 0 Å². The van der Waals surface area contributed by atoms with Crippen molar-refractivity contribution in [3.8, 4) is 11.5 Å². The number of rotatable bonds is 8. The van der Waals surface area contributed by atoms with Gasteiger partial charge in [-0.25, -0.2) is 0 Å². The molecule has 0 bridgehead atoms. The van der Waals surface area contributed by atoms with Gasteiger partial charge >= 0.3 is 0 Å². The zero-order valence-corrected chi connectivity index (χ0v) is 13.1.